The van der Waals surface area contributed by atoms with Crippen LogP contribution in [0.15, 0.2) is 22.7 Å². The van der Waals surface area contributed by atoms with E-state index < -0.39 is 12.1 Å². The normalized spacial score (nSPS) is 12.0. The fraction of sp³-hybridized carbons (Fsp3) is 0.417. The smallest absolute Gasteiger partial charge is 0.308 e. The minimum absolute atomic E-state index is 0.0663. The SMILES string of the molecule is CCOC(=O)CC(O)CNc1ccc(F)c(Br)c1. The molecule has 0 saturated heterocycles. The lowest BCUT2D eigenvalue weighted by Crippen LogP contribution is -2.23. The minimum atomic E-state index is -0.840. The van der Waals surface area contributed by atoms with E-state index in [0.717, 1.165) is 0 Å². The number of carbonyl (C=O) groups excluding carboxylic acids is 1. The number of benzene rings is 1. The summed E-state index contributed by atoms with van der Waals surface area (Å²) in [6.07, 6.45) is -0.906. The molecule has 1 aromatic rings. The molecular formula is C12H15BrFNO3. The number of hydrogen-bond donors (Lipinski definition) is 2. The van der Waals surface area contributed by atoms with E-state index in [4.69, 9.17) is 4.74 Å². The van der Waals surface area contributed by atoms with Gasteiger partial charge >= 0.3 is 5.97 Å². The second kappa shape index (κ2) is 7.33. The molecular weight excluding hydrogens is 305 g/mol. The molecule has 0 aliphatic carbocycles. The summed E-state index contributed by atoms with van der Waals surface area (Å²) in [7, 11) is 0. The predicted octanol–water partition coefficient (Wildman–Crippen LogP) is 2.31. The third kappa shape index (κ3) is 5.01. The van der Waals surface area contributed by atoms with E-state index in [-0.39, 0.29) is 18.8 Å². The van der Waals surface area contributed by atoms with Crippen molar-refractivity contribution in [2.75, 3.05) is 18.5 Å². The van der Waals surface area contributed by atoms with Crippen LogP contribution in [0.1, 0.15) is 13.3 Å². The highest BCUT2D eigenvalue weighted by molar-refractivity contribution is 9.10. The van der Waals surface area contributed by atoms with Crippen molar-refractivity contribution in [2.45, 2.75) is 19.4 Å². The van der Waals surface area contributed by atoms with Crippen molar-refractivity contribution in [1.82, 2.24) is 0 Å². The number of halogens is 2. The van der Waals surface area contributed by atoms with Gasteiger partial charge in [-0.05, 0) is 41.1 Å². The average molecular weight is 320 g/mol. The molecule has 1 aromatic carbocycles. The summed E-state index contributed by atoms with van der Waals surface area (Å²) in [6, 6.07) is 4.42. The molecule has 0 bridgehead atoms. The van der Waals surface area contributed by atoms with Crippen molar-refractivity contribution in [3.8, 4) is 0 Å². The maximum atomic E-state index is 13.0. The topological polar surface area (TPSA) is 58.6 Å². The molecule has 0 saturated carbocycles. The van der Waals surface area contributed by atoms with Gasteiger partial charge in [-0.15, -0.1) is 0 Å². The van der Waals surface area contributed by atoms with Gasteiger partial charge in [0, 0.05) is 12.2 Å². The van der Waals surface area contributed by atoms with Crippen LogP contribution in [-0.4, -0.2) is 30.3 Å². The van der Waals surface area contributed by atoms with Gasteiger partial charge < -0.3 is 15.2 Å². The zero-order valence-electron chi connectivity index (χ0n) is 9.95. The lowest BCUT2D eigenvalue weighted by molar-refractivity contribution is -0.145. The summed E-state index contributed by atoms with van der Waals surface area (Å²) in [4.78, 5) is 11.1. The van der Waals surface area contributed by atoms with Crippen LogP contribution in [0.2, 0.25) is 0 Å². The number of ether oxygens (including phenoxy) is 1. The summed E-state index contributed by atoms with van der Waals surface area (Å²) >= 11 is 3.06. The lowest BCUT2D eigenvalue weighted by Gasteiger charge is -2.12. The molecule has 1 unspecified atom stereocenters. The Kier molecular flexibility index (Phi) is 6.07. The highest BCUT2D eigenvalue weighted by atomic mass is 79.9. The Morgan fingerprint density at radius 3 is 2.94 bits per heavy atom. The molecule has 4 nitrogen and oxygen atoms in total. The molecule has 100 valence electrons. The first-order valence-corrected chi connectivity index (χ1v) is 6.34. The number of hydrogen-bond acceptors (Lipinski definition) is 4. The summed E-state index contributed by atoms with van der Waals surface area (Å²) < 4.78 is 18.0. The maximum absolute atomic E-state index is 13.0. The van der Waals surface area contributed by atoms with Crippen LogP contribution in [0.4, 0.5) is 10.1 Å². The minimum Gasteiger partial charge on any atom is -0.466 e. The second-order valence-electron chi connectivity index (χ2n) is 3.67. The number of carbonyl (C=O) groups is 1. The van der Waals surface area contributed by atoms with Crippen LogP contribution in [0.5, 0.6) is 0 Å². The van der Waals surface area contributed by atoms with Crippen LogP contribution in [0.3, 0.4) is 0 Å². The van der Waals surface area contributed by atoms with Gasteiger partial charge in [-0.1, -0.05) is 0 Å². The largest absolute Gasteiger partial charge is 0.466 e. The van der Waals surface area contributed by atoms with Crippen LogP contribution in [0, 0.1) is 5.82 Å². The summed E-state index contributed by atoms with van der Waals surface area (Å²) in [5, 5.41) is 12.5. The van der Waals surface area contributed by atoms with Crippen LogP contribution < -0.4 is 5.32 Å². The van der Waals surface area contributed by atoms with Gasteiger partial charge in [0.2, 0.25) is 0 Å². The lowest BCUT2D eigenvalue weighted by atomic mass is 10.2. The summed E-state index contributed by atoms with van der Waals surface area (Å²) in [6.45, 7) is 2.19. The molecule has 1 atom stereocenters. The third-order valence-corrected chi connectivity index (χ3v) is 2.78. The maximum Gasteiger partial charge on any atom is 0.308 e. The molecule has 0 amide bonds. The highest BCUT2D eigenvalue weighted by Gasteiger charge is 2.11. The molecule has 6 heteroatoms. The summed E-state index contributed by atoms with van der Waals surface area (Å²) in [5.74, 6) is -0.792. The molecule has 2 N–H and O–H groups in total. The molecule has 0 aromatic heterocycles. The van der Waals surface area contributed by atoms with Gasteiger partial charge in [-0.3, -0.25) is 4.79 Å². The molecule has 0 aliphatic heterocycles. The van der Waals surface area contributed by atoms with E-state index in [2.05, 4.69) is 21.2 Å². The zero-order chi connectivity index (χ0) is 13.5. The second-order valence-corrected chi connectivity index (χ2v) is 4.53. The monoisotopic (exact) mass is 319 g/mol. The van der Waals surface area contributed by atoms with Gasteiger partial charge in [0.15, 0.2) is 0 Å². The van der Waals surface area contributed by atoms with Crippen LogP contribution in [0.25, 0.3) is 0 Å². The molecule has 0 fully saturated rings. The van der Waals surface area contributed by atoms with Crippen LogP contribution >= 0.6 is 15.9 Å². The van der Waals surface area contributed by atoms with E-state index in [9.17, 15) is 14.3 Å². The van der Waals surface area contributed by atoms with Gasteiger partial charge in [0.1, 0.15) is 5.82 Å². The van der Waals surface area contributed by atoms with Crippen molar-refractivity contribution in [2.24, 2.45) is 0 Å². The van der Waals surface area contributed by atoms with Crippen LogP contribution in [-0.2, 0) is 9.53 Å². The summed E-state index contributed by atoms with van der Waals surface area (Å²) in [5.41, 5.74) is 0.659. The van der Waals surface area contributed by atoms with Gasteiger partial charge in [-0.2, -0.15) is 0 Å². The first-order chi connectivity index (χ1) is 8.52. The number of aliphatic hydroxyl groups excluding tert-OH is 1. The number of anilines is 1. The third-order valence-electron chi connectivity index (χ3n) is 2.17. The fourth-order valence-electron chi connectivity index (χ4n) is 1.33. The van der Waals surface area contributed by atoms with Crippen molar-refractivity contribution in [1.29, 1.82) is 0 Å². The Balaban J connectivity index is 2.40. The molecule has 18 heavy (non-hydrogen) atoms. The van der Waals surface area contributed by atoms with Crippen molar-refractivity contribution in [3.05, 3.63) is 28.5 Å². The van der Waals surface area contributed by atoms with Crippen molar-refractivity contribution in [3.63, 3.8) is 0 Å². The van der Waals surface area contributed by atoms with E-state index in [1.807, 2.05) is 0 Å². The number of aliphatic hydroxyl groups is 1. The number of nitrogens with one attached hydrogen (secondary N) is 1. The predicted molar refractivity (Wildman–Crippen MR) is 69.8 cm³/mol. The molecule has 0 heterocycles. The first-order valence-electron chi connectivity index (χ1n) is 5.55. The molecule has 1 rings (SSSR count). The molecule has 0 radical (unpaired) electrons. The van der Waals surface area contributed by atoms with Gasteiger partial charge in [-0.25, -0.2) is 4.39 Å². The average Bonchev–Trinajstić information content (AvgIpc) is 2.31. The molecule has 0 spiro atoms. The van der Waals surface area contributed by atoms with E-state index in [1.54, 1.807) is 19.1 Å². The Hall–Kier alpha value is -1.14. The van der Waals surface area contributed by atoms with Crippen molar-refractivity contribution >= 4 is 27.6 Å². The van der Waals surface area contributed by atoms with E-state index in [1.165, 1.54) is 6.07 Å². The van der Waals surface area contributed by atoms with E-state index >= 15 is 0 Å². The first kappa shape index (κ1) is 14.9. The number of esters is 1. The Bertz CT molecular complexity index is 414. The van der Waals surface area contributed by atoms with E-state index in [0.29, 0.717) is 16.8 Å². The Morgan fingerprint density at radius 2 is 2.33 bits per heavy atom. The van der Waals surface area contributed by atoms with Gasteiger partial charge in [0.25, 0.3) is 0 Å². The number of rotatable bonds is 6. The van der Waals surface area contributed by atoms with Crippen molar-refractivity contribution < 1.29 is 19.0 Å². The fourth-order valence-corrected chi connectivity index (χ4v) is 1.71. The quantitative estimate of drug-likeness (QED) is 0.790. The highest BCUT2D eigenvalue weighted by Crippen LogP contribution is 2.19. The standard InChI is InChI=1S/C12H15BrFNO3/c1-2-18-12(17)6-9(16)7-15-8-3-4-11(14)10(13)5-8/h3-5,9,15-16H,2,6-7H2,1H3. The Morgan fingerprint density at radius 1 is 1.61 bits per heavy atom. The van der Waals surface area contributed by atoms with Gasteiger partial charge in [0.05, 0.1) is 23.6 Å². The molecule has 0 aliphatic rings. The zero-order valence-corrected chi connectivity index (χ0v) is 11.5. The Labute approximate surface area is 113 Å².